The van der Waals surface area contributed by atoms with E-state index >= 15 is 0 Å². The average Bonchev–Trinajstić information content (AvgIpc) is 3.09. The van der Waals surface area contributed by atoms with E-state index in [9.17, 15) is 9.59 Å². The first-order valence-corrected chi connectivity index (χ1v) is 6.63. The highest BCUT2D eigenvalue weighted by molar-refractivity contribution is 5.84. The van der Waals surface area contributed by atoms with Gasteiger partial charge in [-0.15, -0.1) is 0 Å². The molecule has 2 aliphatic rings. The zero-order valence-corrected chi connectivity index (χ0v) is 10.8. The number of rotatable bonds is 3. The van der Waals surface area contributed by atoms with Crippen molar-refractivity contribution in [3.63, 3.8) is 0 Å². The number of carbonyl (C=O) groups excluding carboxylic acids is 2. The molecule has 4 nitrogen and oxygen atoms in total. The maximum Gasteiger partial charge on any atom is 0.242 e. The Kier molecular flexibility index (Phi) is 3.69. The van der Waals surface area contributed by atoms with Gasteiger partial charge in [0.2, 0.25) is 11.8 Å². The number of carbonyl (C=O) groups is 2. The molecule has 0 N–H and O–H groups in total. The molecule has 1 heterocycles. The van der Waals surface area contributed by atoms with E-state index in [-0.39, 0.29) is 18.4 Å². The summed E-state index contributed by atoms with van der Waals surface area (Å²) in [5, 5.41) is 0. The minimum atomic E-state index is 0.0332. The summed E-state index contributed by atoms with van der Waals surface area (Å²) in [5.41, 5.74) is 0. The van der Waals surface area contributed by atoms with Gasteiger partial charge in [-0.3, -0.25) is 9.59 Å². The van der Waals surface area contributed by atoms with E-state index in [1.165, 1.54) is 6.42 Å². The summed E-state index contributed by atoms with van der Waals surface area (Å²) in [6.45, 7) is 5.75. The summed E-state index contributed by atoms with van der Waals surface area (Å²) < 4.78 is 0. The summed E-state index contributed by atoms with van der Waals surface area (Å²) >= 11 is 0. The Balaban J connectivity index is 1.88. The van der Waals surface area contributed by atoms with Crippen LogP contribution in [0.2, 0.25) is 0 Å². The molecule has 0 aromatic rings. The van der Waals surface area contributed by atoms with Crippen molar-refractivity contribution in [1.82, 2.24) is 9.80 Å². The lowest BCUT2D eigenvalue weighted by molar-refractivity contribution is -0.140. The second-order valence-electron chi connectivity index (χ2n) is 5.47. The smallest absolute Gasteiger partial charge is 0.242 e. The van der Waals surface area contributed by atoms with E-state index in [2.05, 4.69) is 6.92 Å². The second kappa shape index (κ2) is 5.07. The summed E-state index contributed by atoms with van der Waals surface area (Å²) in [6, 6.07) is 0.332. The predicted molar refractivity (Wildman–Crippen MR) is 65.4 cm³/mol. The van der Waals surface area contributed by atoms with Crippen molar-refractivity contribution in [2.45, 2.75) is 45.6 Å². The number of nitrogens with zero attached hydrogens (tertiary/aromatic N) is 2. The fourth-order valence-corrected chi connectivity index (χ4v) is 2.55. The van der Waals surface area contributed by atoms with Crippen LogP contribution in [-0.2, 0) is 9.59 Å². The lowest BCUT2D eigenvalue weighted by atomic mass is 10.0. The summed E-state index contributed by atoms with van der Waals surface area (Å²) in [5.74, 6) is 0.754. The lowest BCUT2D eigenvalue weighted by Gasteiger charge is -2.32. The van der Waals surface area contributed by atoms with Crippen molar-refractivity contribution in [1.29, 1.82) is 0 Å². The van der Waals surface area contributed by atoms with Crippen LogP contribution in [0.5, 0.6) is 0 Å². The van der Waals surface area contributed by atoms with Crippen molar-refractivity contribution in [3.8, 4) is 0 Å². The molecule has 2 fully saturated rings. The largest absolute Gasteiger partial charge is 0.341 e. The molecule has 0 radical (unpaired) electrons. The van der Waals surface area contributed by atoms with Crippen LogP contribution in [0.25, 0.3) is 0 Å². The highest BCUT2D eigenvalue weighted by Gasteiger charge is 2.33. The quantitative estimate of drug-likeness (QED) is 0.742. The zero-order valence-electron chi connectivity index (χ0n) is 10.8. The molecule has 2 amide bonds. The van der Waals surface area contributed by atoms with Gasteiger partial charge >= 0.3 is 0 Å². The van der Waals surface area contributed by atoms with Crippen LogP contribution >= 0.6 is 0 Å². The third-order valence-corrected chi connectivity index (χ3v) is 3.71. The van der Waals surface area contributed by atoms with E-state index in [1.54, 1.807) is 11.8 Å². The topological polar surface area (TPSA) is 40.6 Å². The van der Waals surface area contributed by atoms with Crippen LogP contribution in [0.4, 0.5) is 0 Å². The van der Waals surface area contributed by atoms with Gasteiger partial charge in [-0.05, 0) is 31.6 Å². The summed E-state index contributed by atoms with van der Waals surface area (Å²) in [4.78, 5) is 27.2. The van der Waals surface area contributed by atoms with Gasteiger partial charge < -0.3 is 9.80 Å². The van der Waals surface area contributed by atoms with Gasteiger partial charge in [-0.25, -0.2) is 0 Å². The summed E-state index contributed by atoms with van der Waals surface area (Å²) in [7, 11) is 0. The molecule has 0 spiro atoms. The molecule has 1 saturated carbocycles. The van der Waals surface area contributed by atoms with Crippen LogP contribution in [-0.4, -0.2) is 47.3 Å². The van der Waals surface area contributed by atoms with Crippen LogP contribution in [0.3, 0.4) is 0 Å². The molecule has 0 bridgehead atoms. The summed E-state index contributed by atoms with van der Waals surface area (Å²) in [6.07, 6.45) is 4.42. The second-order valence-corrected chi connectivity index (χ2v) is 5.47. The molecule has 2 rings (SSSR count). The van der Waals surface area contributed by atoms with Gasteiger partial charge in [0.25, 0.3) is 0 Å². The molecule has 17 heavy (non-hydrogen) atoms. The van der Waals surface area contributed by atoms with Gasteiger partial charge in [-0.2, -0.15) is 0 Å². The first-order valence-electron chi connectivity index (χ1n) is 6.63. The first kappa shape index (κ1) is 12.4. The van der Waals surface area contributed by atoms with Crippen LogP contribution in [0.1, 0.15) is 39.5 Å². The van der Waals surface area contributed by atoms with E-state index in [0.717, 1.165) is 32.4 Å². The van der Waals surface area contributed by atoms with Crippen molar-refractivity contribution in [2.24, 2.45) is 5.92 Å². The van der Waals surface area contributed by atoms with Crippen LogP contribution < -0.4 is 0 Å². The van der Waals surface area contributed by atoms with Gasteiger partial charge in [0.1, 0.15) is 0 Å². The molecule has 96 valence electrons. The monoisotopic (exact) mass is 238 g/mol. The fraction of sp³-hybridized carbons (Fsp3) is 0.846. The SMILES string of the molecule is CC(=O)N(CC(=O)N1CCCC(C)C1)C1CC1. The number of likely N-dealkylation sites (tertiary alicyclic amines) is 1. The number of piperidine rings is 1. The highest BCUT2D eigenvalue weighted by atomic mass is 16.2. The molecule has 1 atom stereocenters. The molecule has 4 heteroatoms. The number of amides is 2. The third kappa shape index (κ3) is 3.20. The normalized spacial score (nSPS) is 24.6. The Morgan fingerprint density at radius 1 is 1.29 bits per heavy atom. The van der Waals surface area contributed by atoms with Gasteiger partial charge in [0, 0.05) is 26.1 Å². The standard InChI is InChI=1S/C13H22N2O2/c1-10-4-3-7-14(8-10)13(17)9-15(11(2)16)12-5-6-12/h10,12H,3-9H2,1-2H3. The Hall–Kier alpha value is -1.06. The van der Waals surface area contributed by atoms with Gasteiger partial charge in [-0.1, -0.05) is 6.92 Å². The molecule has 0 aromatic heterocycles. The number of hydrogen-bond donors (Lipinski definition) is 0. The minimum Gasteiger partial charge on any atom is -0.341 e. The third-order valence-electron chi connectivity index (χ3n) is 3.71. The Labute approximate surface area is 103 Å². The molecule has 1 aliphatic heterocycles. The minimum absolute atomic E-state index is 0.0332. The van der Waals surface area contributed by atoms with Gasteiger partial charge in [0.05, 0.1) is 6.54 Å². The lowest BCUT2D eigenvalue weighted by Crippen LogP contribution is -2.46. The fourth-order valence-electron chi connectivity index (χ4n) is 2.55. The average molecular weight is 238 g/mol. The Morgan fingerprint density at radius 3 is 2.53 bits per heavy atom. The van der Waals surface area contributed by atoms with E-state index in [0.29, 0.717) is 12.0 Å². The maximum atomic E-state index is 12.1. The van der Waals surface area contributed by atoms with E-state index in [4.69, 9.17) is 0 Å². The van der Waals surface area contributed by atoms with Crippen LogP contribution in [0, 0.1) is 5.92 Å². The van der Waals surface area contributed by atoms with Crippen molar-refractivity contribution in [2.75, 3.05) is 19.6 Å². The van der Waals surface area contributed by atoms with Crippen LogP contribution in [0.15, 0.2) is 0 Å². The predicted octanol–water partition coefficient (Wildman–Crippen LogP) is 1.26. The van der Waals surface area contributed by atoms with Crippen molar-refractivity contribution >= 4 is 11.8 Å². The van der Waals surface area contributed by atoms with Crippen molar-refractivity contribution in [3.05, 3.63) is 0 Å². The molecule has 1 saturated heterocycles. The molecule has 1 unspecified atom stereocenters. The first-order chi connectivity index (χ1) is 8.08. The molecular formula is C13H22N2O2. The maximum absolute atomic E-state index is 12.1. The molecule has 1 aliphatic carbocycles. The zero-order chi connectivity index (χ0) is 12.4. The highest BCUT2D eigenvalue weighted by Crippen LogP contribution is 2.27. The van der Waals surface area contributed by atoms with E-state index < -0.39 is 0 Å². The van der Waals surface area contributed by atoms with Crippen molar-refractivity contribution < 1.29 is 9.59 Å². The van der Waals surface area contributed by atoms with E-state index in [1.807, 2.05) is 4.90 Å². The Bertz CT molecular complexity index is 313. The Morgan fingerprint density at radius 2 is 2.00 bits per heavy atom. The molecular weight excluding hydrogens is 216 g/mol. The molecule has 0 aromatic carbocycles. The number of hydrogen-bond acceptors (Lipinski definition) is 2. The van der Waals surface area contributed by atoms with Gasteiger partial charge in [0.15, 0.2) is 0 Å².